The van der Waals surface area contributed by atoms with E-state index in [4.69, 9.17) is 0 Å². The van der Waals surface area contributed by atoms with Gasteiger partial charge in [-0.1, -0.05) is 6.07 Å². The van der Waals surface area contributed by atoms with Gasteiger partial charge in [0.2, 0.25) is 5.95 Å². The molecule has 0 saturated carbocycles. The molecular weight excluding hydrogens is 244 g/mol. The molecule has 3 rings (SSSR count). The van der Waals surface area contributed by atoms with E-state index in [1.165, 1.54) is 4.88 Å². The second-order valence-corrected chi connectivity index (χ2v) is 5.39. The number of thiophene rings is 1. The summed E-state index contributed by atoms with van der Waals surface area (Å²) in [5.41, 5.74) is 1.08. The molecule has 0 radical (unpaired) electrons. The van der Waals surface area contributed by atoms with Gasteiger partial charge in [-0.05, 0) is 37.4 Å². The molecule has 1 aliphatic rings. The van der Waals surface area contributed by atoms with Gasteiger partial charge in [0.25, 0.3) is 0 Å². The minimum Gasteiger partial charge on any atom is -0.351 e. The predicted octanol–water partition coefficient (Wildman–Crippen LogP) is 2.37. The monoisotopic (exact) mass is 260 g/mol. The van der Waals surface area contributed by atoms with Crippen molar-refractivity contribution in [1.29, 1.82) is 0 Å². The van der Waals surface area contributed by atoms with Gasteiger partial charge in [0.15, 0.2) is 0 Å². The van der Waals surface area contributed by atoms with E-state index in [0.29, 0.717) is 6.04 Å². The van der Waals surface area contributed by atoms with E-state index in [1.54, 1.807) is 11.3 Å². The van der Waals surface area contributed by atoms with Crippen LogP contribution in [-0.4, -0.2) is 29.1 Å². The van der Waals surface area contributed by atoms with Crippen molar-refractivity contribution in [3.05, 3.63) is 29.9 Å². The molecule has 2 aromatic rings. The zero-order valence-corrected chi connectivity index (χ0v) is 10.9. The minimum absolute atomic E-state index is 0.499. The first-order valence-electron chi connectivity index (χ1n) is 6.25. The normalized spacial score (nSPS) is 16.7. The number of rotatable bonds is 3. The van der Waals surface area contributed by atoms with E-state index < -0.39 is 0 Å². The highest BCUT2D eigenvalue weighted by molar-refractivity contribution is 7.13. The zero-order valence-electron chi connectivity index (χ0n) is 10.1. The van der Waals surface area contributed by atoms with Gasteiger partial charge >= 0.3 is 0 Å². The zero-order chi connectivity index (χ0) is 12.2. The lowest BCUT2D eigenvalue weighted by atomic mass is 10.1. The highest BCUT2D eigenvalue weighted by Crippen LogP contribution is 2.23. The first-order chi connectivity index (χ1) is 8.92. The molecule has 1 aliphatic heterocycles. The third kappa shape index (κ3) is 2.68. The number of aromatic nitrogens is 2. The molecular formula is C13H16N4S. The van der Waals surface area contributed by atoms with Gasteiger partial charge in [0.05, 0.1) is 0 Å². The van der Waals surface area contributed by atoms with Crippen LogP contribution in [0.3, 0.4) is 0 Å². The average molecular weight is 260 g/mol. The van der Waals surface area contributed by atoms with Crippen molar-refractivity contribution in [1.82, 2.24) is 15.3 Å². The van der Waals surface area contributed by atoms with Crippen LogP contribution in [-0.2, 0) is 0 Å². The second kappa shape index (κ2) is 5.46. The lowest BCUT2D eigenvalue weighted by Crippen LogP contribution is -2.35. The molecule has 0 amide bonds. The topological polar surface area (TPSA) is 49.8 Å². The predicted molar refractivity (Wildman–Crippen MR) is 74.9 cm³/mol. The summed E-state index contributed by atoms with van der Waals surface area (Å²) in [4.78, 5) is 10.00. The second-order valence-electron chi connectivity index (χ2n) is 4.44. The van der Waals surface area contributed by atoms with Gasteiger partial charge in [0.1, 0.15) is 0 Å². The molecule has 0 aliphatic carbocycles. The van der Waals surface area contributed by atoms with Crippen LogP contribution in [0.1, 0.15) is 12.8 Å². The number of nitrogens with zero attached hydrogens (tertiary/aromatic N) is 2. The summed E-state index contributed by atoms with van der Waals surface area (Å²) in [7, 11) is 0. The van der Waals surface area contributed by atoms with Crippen LogP contribution >= 0.6 is 11.3 Å². The highest BCUT2D eigenvalue weighted by atomic mass is 32.1. The van der Waals surface area contributed by atoms with Crippen molar-refractivity contribution >= 4 is 17.3 Å². The number of hydrogen-bond acceptors (Lipinski definition) is 5. The van der Waals surface area contributed by atoms with Gasteiger partial charge in [-0.25, -0.2) is 9.97 Å². The SMILES string of the molecule is c1csc(-c2cnc(NC3CCNCC3)nc2)c1. The van der Waals surface area contributed by atoms with E-state index >= 15 is 0 Å². The molecule has 2 aromatic heterocycles. The lowest BCUT2D eigenvalue weighted by Gasteiger charge is -2.23. The summed E-state index contributed by atoms with van der Waals surface area (Å²) in [5.74, 6) is 0.738. The Hall–Kier alpha value is -1.46. The smallest absolute Gasteiger partial charge is 0.222 e. The van der Waals surface area contributed by atoms with Crippen LogP contribution in [0, 0.1) is 0 Å². The molecule has 0 atom stereocenters. The summed E-state index contributed by atoms with van der Waals surface area (Å²) in [6, 6.07) is 4.63. The Morgan fingerprint density at radius 3 is 2.67 bits per heavy atom. The maximum Gasteiger partial charge on any atom is 0.222 e. The van der Waals surface area contributed by atoms with E-state index in [1.807, 2.05) is 18.5 Å². The molecule has 4 nitrogen and oxygen atoms in total. The van der Waals surface area contributed by atoms with Gasteiger partial charge in [-0.2, -0.15) is 0 Å². The van der Waals surface area contributed by atoms with Crippen molar-refractivity contribution in [3.8, 4) is 10.4 Å². The molecule has 0 spiro atoms. The summed E-state index contributed by atoms with van der Waals surface area (Å²) in [6.45, 7) is 2.15. The third-order valence-electron chi connectivity index (χ3n) is 3.13. The summed E-state index contributed by atoms with van der Waals surface area (Å²) >= 11 is 1.71. The quantitative estimate of drug-likeness (QED) is 0.889. The number of piperidine rings is 1. The fourth-order valence-electron chi connectivity index (χ4n) is 2.12. The van der Waals surface area contributed by atoms with Gasteiger partial charge in [-0.3, -0.25) is 0 Å². The molecule has 5 heteroatoms. The number of nitrogens with one attached hydrogen (secondary N) is 2. The van der Waals surface area contributed by atoms with Crippen LogP contribution in [0.2, 0.25) is 0 Å². The Bertz CT molecular complexity index is 474. The van der Waals surface area contributed by atoms with E-state index in [9.17, 15) is 0 Å². The maximum atomic E-state index is 4.39. The average Bonchev–Trinajstić information content (AvgIpc) is 2.95. The van der Waals surface area contributed by atoms with Crippen molar-refractivity contribution in [2.24, 2.45) is 0 Å². The van der Waals surface area contributed by atoms with Crippen molar-refractivity contribution in [2.45, 2.75) is 18.9 Å². The molecule has 94 valence electrons. The Morgan fingerprint density at radius 2 is 2.00 bits per heavy atom. The summed E-state index contributed by atoms with van der Waals surface area (Å²) < 4.78 is 0. The largest absolute Gasteiger partial charge is 0.351 e. The molecule has 1 fully saturated rings. The maximum absolute atomic E-state index is 4.39. The molecule has 18 heavy (non-hydrogen) atoms. The summed E-state index contributed by atoms with van der Waals surface area (Å²) in [6.07, 6.45) is 6.05. The summed E-state index contributed by atoms with van der Waals surface area (Å²) in [5, 5.41) is 8.81. The van der Waals surface area contributed by atoms with Gasteiger partial charge in [0, 0.05) is 28.9 Å². The molecule has 3 heterocycles. The van der Waals surface area contributed by atoms with E-state index in [0.717, 1.165) is 37.4 Å². The Balaban J connectivity index is 1.67. The van der Waals surface area contributed by atoms with Crippen molar-refractivity contribution in [2.75, 3.05) is 18.4 Å². The van der Waals surface area contributed by atoms with E-state index in [-0.39, 0.29) is 0 Å². The first kappa shape index (κ1) is 11.6. The van der Waals surface area contributed by atoms with Crippen LogP contribution in [0.25, 0.3) is 10.4 Å². The Morgan fingerprint density at radius 1 is 1.22 bits per heavy atom. The van der Waals surface area contributed by atoms with E-state index in [2.05, 4.69) is 32.0 Å². The third-order valence-corrected chi connectivity index (χ3v) is 4.05. The Labute approximate surface area is 110 Å². The van der Waals surface area contributed by atoms with Gasteiger partial charge < -0.3 is 10.6 Å². The number of hydrogen-bond donors (Lipinski definition) is 2. The lowest BCUT2D eigenvalue weighted by molar-refractivity contribution is 0.477. The molecule has 0 unspecified atom stereocenters. The standard InChI is InChI=1S/C13H16N4S/c1-2-12(18-7-1)10-8-15-13(16-9-10)17-11-3-5-14-6-4-11/h1-2,7-9,11,14H,3-6H2,(H,15,16,17). The van der Waals surface area contributed by atoms with Crippen LogP contribution in [0.4, 0.5) is 5.95 Å². The molecule has 2 N–H and O–H groups in total. The first-order valence-corrected chi connectivity index (χ1v) is 7.13. The van der Waals surface area contributed by atoms with Crippen LogP contribution in [0.5, 0.6) is 0 Å². The molecule has 0 aromatic carbocycles. The van der Waals surface area contributed by atoms with Gasteiger partial charge in [-0.15, -0.1) is 11.3 Å². The fourth-order valence-corrected chi connectivity index (χ4v) is 2.82. The molecule has 0 bridgehead atoms. The van der Waals surface area contributed by atoms with Crippen LogP contribution < -0.4 is 10.6 Å². The fraction of sp³-hybridized carbons (Fsp3) is 0.385. The number of anilines is 1. The van der Waals surface area contributed by atoms with Crippen LogP contribution in [0.15, 0.2) is 29.9 Å². The van der Waals surface area contributed by atoms with Crippen molar-refractivity contribution in [3.63, 3.8) is 0 Å². The highest BCUT2D eigenvalue weighted by Gasteiger charge is 2.13. The Kier molecular flexibility index (Phi) is 3.52. The van der Waals surface area contributed by atoms with Crippen molar-refractivity contribution < 1.29 is 0 Å². The molecule has 1 saturated heterocycles. The minimum atomic E-state index is 0.499.